The minimum absolute atomic E-state index is 0.0313. The first-order valence-electron chi connectivity index (χ1n) is 9.45. The van der Waals surface area contributed by atoms with E-state index < -0.39 is 0 Å². The zero-order valence-corrected chi connectivity index (χ0v) is 15.3. The number of methoxy groups -OCH3 is 1. The highest BCUT2D eigenvalue weighted by Gasteiger charge is 2.34. The third-order valence-electron chi connectivity index (χ3n) is 5.73. The van der Waals surface area contributed by atoms with E-state index in [2.05, 4.69) is 41.7 Å². The fourth-order valence-electron chi connectivity index (χ4n) is 4.44. The molecular formula is C24H21NO2. The van der Waals surface area contributed by atoms with Crippen molar-refractivity contribution in [3.05, 3.63) is 77.4 Å². The summed E-state index contributed by atoms with van der Waals surface area (Å²) in [4.78, 5) is 13.0. The first-order valence-corrected chi connectivity index (χ1v) is 9.45. The van der Waals surface area contributed by atoms with Gasteiger partial charge in [0.15, 0.2) is 5.78 Å². The Morgan fingerprint density at radius 1 is 0.963 bits per heavy atom. The molecule has 0 spiro atoms. The third-order valence-corrected chi connectivity index (χ3v) is 5.73. The summed E-state index contributed by atoms with van der Waals surface area (Å²) in [5.74, 6) is 1.11. The van der Waals surface area contributed by atoms with Crippen LogP contribution in [0.25, 0.3) is 16.3 Å². The molecule has 1 aliphatic heterocycles. The lowest BCUT2D eigenvalue weighted by atomic mass is 9.77. The van der Waals surface area contributed by atoms with Gasteiger partial charge in [-0.25, -0.2) is 0 Å². The van der Waals surface area contributed by atoms with Crippen molar-refractivity contribution in [2.45, 2.75) is 25.3 Å². The lowest BCUT2D eigenvalue weighted by Gasteiger charge is -2.35. The first kappa shape index (κ1) is 16.1. The van der Waals surface area contributed by atoms with E-state index in [1.165, 1.54) is 11.0 Å². The van der Waals surface area contributed by atoms with Crippen LogP contribution < -0.4 is 10.1 Å². The number of ketones is 1. The Balaban J connectivity index is 1.74. The Morgan fingerprint density at radius 3 is 2.59 bits per heavy atom. The van der Waals surface area contributed by atoms with Crippen LogP contribution in [0.4, 0.5) is 5.69 Å². The van der Waals surface area contributed by atoms with Gasteiger partial charge in [0.1, 0.15) is 5.75 Å². The largest absolute Gasteiger partial charge is 0.497 e. The molecule has 0 aromatic heterocycles. The monoisotopic (exact) mass is 355 g/mol. The highest BCUT2D eigenvalue weighted by atomic mass is 16.5. The van der Waals surface area contributed by atoms with Gasteiger partial charge in [-0.05, 0) is 52.9 Å². The van der Waals surface area contributed by atoms with Gasteiger partial charge in [-0.2, -0.15) is 0 Å². The Hall–Kier alpha value is -3.07. The number of carbonyl (C=O) groups is 1. The maximum Gasteiger partial charge on any atom is 0.163 e. The molecular weight excluding hydrogens is 334 g/mol. The predicted molar refractivity (Wildman–Crippen MR) is 109 cm³/mol. The van der Waals surface area contributed by atoms with E-state index >= 15 is 0 Å². The summed E-state index contributed by atoms with van der Waals surface area (Å²) < 4.78 is 5.30. The van der Waals surface area contributed by atoms with Crippen LogP contribution >= 0.6 is 0 Å². The van der Waals surface area contributed by atoms with Gasteiger partial charge >= 0.3 is 0 Å². The number of hydrogen-bond donors (Lipinski definition) is 1. The molecule has 1 aliphatic carbocycles. The minimum Gasteiger partial charge on any atom is -0.497 e. The summed E-state index contributed by atoms with van der Waals surface area (Å²) in [6.07, 6.45) is 2.51. The lowest BCUT2D eigenvalue weighted by molar-refractivity contribution is -0.114. The number of ether oxygens (including phenoxy) is 1. The van der Waals surface area contributed by atoms with E-state index in [9.17, 15) is 4.79 Å². The molecule has 134 valence electrons. The standard InChI is InChI=1S/C24H21NO2/c1-27-17-12-9-16(10-13-17)24-19-7-4-8-21(26)23(19)22-18-6-3-2-5-15(18)11-14-20(22)25-24/h2-3,5-6,9-14,24-25H,4,7-8H2,1H3/t24-/m1/s1. The molecule has 3 nitrogen and oxygen atoms in total. The minimum atomic E-state index is 0.0313. The lowest BCUT2D eigenvalue weighted by Crippen LogP contribution is -2.25. The maximum atomic E-state index is 13.0. The summed E-state index contributed by atoms with van der Waals surface area (Å²) in [5.41, 5.74) is 5.45. The van der Waals surface area contributed by atoms with Crippen LogP contribution in [0.3, 0.4) is 0 Å². The van der Waals surface area contributed by atoms with Gasteiger partial charge in [-0.15, -0.1) is 0 Å². The zero-order valence-electron chi connectivity index (χ0n) is 15.3. The summed E-state index contributed by atoms with van der Waals surface area (Å²) >= 11 is 0. The molecule has 0 saturated heterocycles. The van der Waals surface area contributed by atoms with Gasteiger partial charge in [0, 0.05) is 23.2 Å². The molecule has 0 radical (unpaired) electrons. The Morgan fingerprint density at radius 2 is 1.78 bits per heavy atom. The first-order chi connectivity index (χ1) is 13.3. The molecule has 27 heavy (non-hydrogen) atoms. The fourth-order valence-corrected chi connectivity index (χ4v) is 4.44. The Kier molecular flexibility index (Phi) is 3.75. The van der Waals surface area contributed by atoms with Crippen LogP contribution in [0.15, 0.2) is 66.2 Å². The number of Topliss-reactive ketones (excluding diaryl/α,β-unsaturated/α-hetero) is 1. The number of benzene rings is 3. The van der Waals surface area contributed by atoms with Gasteiger partial charge in [-0.1, -0.05) is 42.5 Å². The van der Waals surface area contributed by atoms with Gasteiger partial charge in [-0.3, -0.25) is 4.79 Å². The predicted octanol–water partition coefficient (Wildman–Crippen LogP) is 5.52. The number of carbonyl (C=O) groups excluding carboxylic acids is 1. The topological polar surface area (TPSA) is 38.3 Å². The van der Waals surface area contributed by atoms with Crippen molar-refractivity contribution in [1.82, 2.24) is 0 Å². The van der Waals surface area contributed by atoms with Gasteiger partial charge < -0.3 is 10.1 Å². The van der Waals surface area contributed by atoms with E-state index in [1.54, 1.807) is 7.11 Å². The van der Waals surface area contributed by atoms with E-state index in [1.807, 2.05) is 24.3 Å². The van der Waals surface area contributed by atoms with E-state index in [4.69, 9.17) is 4.74 Å². The Bertz CT molecular complexity index is 1080. The number of nitrogens with one attached hydrogen (secondary N) is 1. The average Bonchev–Trinajstić information content (AvgIpc) is 2.73. The van der Waals surface area contributed by atoms with E-state index in [0.717, 1.165) is 46.4 Å². The van der Waals surface area contributed by atoms with Gasteiger partial charge in [0.2, 0.25) is 0 Å². The normalized spacial score (nSPS) is 18.7. The van der Waals surface area contributed by atoms with Crippen molar-refractivity contribution in [3.63, 3.8) is 0 Å². The summed E-state index contributed by atoms with van der Waals surface area (Å²) in [7, 11) is 1.68. The molecule has 0 bridgehead atoms. The number of hydrogen-bond acceptors (Lipinski definition) is 3. The molecule has 0 amide bonds. The van der Waals surface area contributed by atoms with Crippen LogP contribution in [-0.4, -0.2) is 12.9 Å². The molecule has 3 aromatic rings. The highest BCUT2D eigenvalue weighted by molar-refractivity contribution is 6.27. The van der Waals surface area contributed by atoms with Crippen LogP contribution in [0, 0.1) is 0 Å². The molecule has 3 heteroatoms. The van der Waals surface area contributed by atoms with E-state index in [0.29, 0.717) is 6.42 Å². The average molecular weight is 355 g/mol. The van der Waals surface area contributed by atoms with Crippen molar-refractivity contribution >= 4 is 27.8 Å². The smallest absolute Gasteiger partial charge is 0.163 e. The summed E-state index contributed by atoms with van der Waals surface area (Å²) in [6.45, 7) is 0. The highest BCUT2D eigenvalue weighted by Crippen LogP contribution is 2.47. The van der Waals surface area contributed by atoms with Crippen LogP contribution in [-0.2, 0) is 4.79 Å². The molecule has 0 saturated carbocycles. The van der Waals surface area contributed by atoms with Crippen molar-refractivity contribution in [2.75, 3.05) is 12.4 Å². The fraction of sp³-hybridized carbons (Fsp3) is 0.208. The molecule has 0 unspecified atom stereocenters. The second kappa shape index (κ2) is 6.27. The SMILES string of the molecule is COc1ccc([C@H]2Nc3ccc4ccccc4c3C3=C2CCCC3=O)cc1. The summed E-state index contributed by atoms with van der Waals surface area (Å²) in [5, 5.41) is 6.04. The van der Waals surface area contributed by atoms with Crippen LogP contribution in [0.2, 0.25) is 0 Å². The van der Waals surface area contributed by atoms with Crippen molar-refractivity contribution in [2.24, 2.45) is 0 Å². The van der Waals surface area contributed by atoms with Gasteiger partial charge in [0.25, 0.3) is 0 Å². The molecule has 5 rings (SSSR count). The van der Waals surface area contributed by atoms with Gasteiger partial charge in [0.05, 0.1) is 13.2 Å². The molecule has 0 fully saturated rings. The number of allylic oxidation sites excluding steroid dienone is 1. The second-order valence-corrected chi connectivity index (χ2v) is 7.24. The molecule has 1 heterocycles. The quantitative estimate of drug-likeness (QED) is 0.657. The molecule has 3 aromatic carbocycles. The molecule has 2 aliphatic rings. The van der Waals surface area contributed by atoms with Crippen molar-refractivity contribution in [1.29, 1.82) is 0 Å². The number of fused-ring (bicyclic) bond motifs is 4. The summed E-state index contributed by atoms with van der Waals surface area (Å²) in [6, 6.07) is 20.7. The van der Waals surface area contributed by atoms with Crippen molar-refractivity contribution in [3.8, 4) is 5.75 Å². The van der Waals surface area contributed by atoms with E-state index in [-0.39, 0.29) is 11.8 Å². The number of anilines is 1. The second-order valence-electron chi connectivity index (χ2n) is 7.24. The third kappa shape index (κ3) is 2.54. The Labute approximate surface area is 158 Å². The van der Waals surface area contributed by atoms with Crippen LogP contribution in [0.5, 0.6) is 5.75 Å². The zero-order chi connectivity index (χ0) is 18.4. The molecule has 1 atom stereocenters. The maximum absolute atomic E-state index is 13.0. The van der Waals surface area contributed by atoms with Crippen LogP contribution in [0.1, 0.15) is 36.4 Å². The number of rotatable bonds is 2. The molecule has 1 N–H and O–H groups in total. The van der Waals surface area contributed by atoms with Crippen molar-refractivity contribution < 1.29 is 9.53 Å².